The summed E-state index contributed by atoms with van der Waals surface area (Å²) >= 11 is 5.82. The van der Waals surface area contributed by atoms with Crippen molar-refractivity contribution in [3.05, 3.63) is 59.1 Å². The summed E-state index contributed by atoms with van der Waals surface area (Å²) in [4.78, 5) is 12.7. The van der Waals surface area contributed by atoms with Crippen molar-refractivity contribution in [2.75, 3.05) is 32.7 Å². The van der Waals surface area contributed by atoms with Gasteiger partial charge in [-0.3, -0.25) is 4.79 Å². The number of rotatable bonds is 10. The number of halogens is 1. The molecular formula is C22H28ClN3O5S2. The maximum Gasteiger partial charge on any atom is 0.243 e. The van der Waals surface area contributed by atoms with Crippen LogP contribution in [0.4, 0.5) is 0 Å². The molecule has 0 unspecified atom stereocenters. The van der Waals surface area contributed by atoms with Crippen LogP contribution in [0.3, 0.4) is 0 Å². The first-order valence-electron chi connectivity index (χ1n) is 10.8. The average molecular weight is 514 g/mol. The van der Waals surface area contributed by atoms with Crippen LogP contribution >= 0.6 is 11.6 Å². The Balaban J connectivity index is 1.52. The molecule has 1 heterocycles. The van der Waals surface area contributed by atoms with Crippen molar-refractivity contribution in [2.24, 2.45) is 0 Å². The van der Waals surface area contributed by atoms with Crippen LogP contribution in [0.5, 0.6) is 0 Å². The summed E-state index contributed by atoms with van der Waals surface area (Å²) in [6, 6.07) is 12.4. The Morgan fingerprint density at radius 2 is 1.55 bits per heavy atom. The van der Waals surface area contributed by atoms with Gasteiger partial charge in [-0.15, -0.1) is 0 Å². The lowest BCUT2D eigenvalue weighted by molar-refractivity contribution is -0.121. The van der Waals surface area contributed by atoms with Crippen molar-refractivity contribution in [3.8, 4) is 0 Å². The molecule has 1 N–H and O–H groups in total. The third kappa shape index (κ3) is 6.33. The molecule has 1 amide bonds. The third-order valence-corrected chi connectivity index (χ3v) is 9.59. The molecule has 33 heavy (non-hydrogen) atoms. The Hall–Kier alpha value is -1.98. The molecule has 0 atom stereocenters. The van der Waals surface area contributed by atoms with Crippen LogP contribution in [0.15, 0.2) is 58.3 Å². The van der Waals surface area contributed by atoms with Crippen LogP contribution < -0.4 is 5.32 Å². The third-order valence-electron chi connectivity index (χ3n) is 5.49. The predicted octanol–water partition coefficient (Wildman–Crippen LogP) is 2.49. The van der Waals surface area contributed by atoms with E-state index in [-0.39, 0.29) is 22.9 Å². The molecule has 0 spiro atoms. The van der Waals surface area contributed by atoms with Crippen LogP contribution in [-0.4, -0.2) is 64.1 Å². The number of sulfonamides is 2. The van der Waals surface area contributed by atoms with E-state index in [9.17, 15) is 21.6 Å². The molecule has 0 bridgehead atoms. The van der Waals surface area contributed by atoms with Gasteiger partial charge in [-0.25, -0.2) is 16.8 Å². The van der Waals surface area contributed by atoms with E-state index in [2.05, 4.69) is 5.32 Å². The molecule has 1 aliphatic rings. The number of hydrogen-bond acceptors (Lipinski definition) is 5. The lowest BCUT2D eigenvalue weighted by Gasteiger charge is -2.20. The van der Waals surface area contributed by atoms with Gasteiger partial charge in [0.2, 0.25) is 26.0 Å². The topological polar surface area (TPSA) is 104 Å². The minimum absolute atomic E-state index is 0.0746. The minimum Gasteiger partial charge on any atom is -0.355 e. The number of nitrogens with one attached hydrogen (secondary N) is 1. The largest absolute Gasteiger partial charge is 0.355 e. The number of hydrogen-bond donors (Lipinski definition) is 1. The quantitative estimate of drug-likeness (QED) is 0.525. The summed E-state index contributed by atoms with van der Waals surface area (Å²) in [6.07, 6.45) is 2.26. The highest BCUT2D eigenvalue weighted by Gasteiger charge is 2.27. The summed E-state index contributed by atoms with van der Waals surface area (Å²) in [5.41, 5.74) is 0.872. The van der Waals surface area contributed by atoms with Gasteiger partial charge in [0, 0.05) is 31.2 Å². The highest BCUT2D eigenvalue weighted by atomic mass is 35.5. The number of benzene rings is 2. The van der Waals surface area contributed by atoms with E-state index in [1.165, 1.54) is 28.6 Å². The van der Waals surface area contributed by atoms with Crippen LogP contribution in [0.25, 0.3) is 0 Å². The second-order valence-corrected chi connectivity index (χ2v) is 12.1. The number of amides is 1. The number of likely N-dealkylation sites (N-methyl/N-ethyl adjacent to an activating group) is 1. The predicted molar refractivity (Wildman–Crippen MR) is 127 cm³/mol. The molecule has 0 aliphatic carbocycles. The molecule has 180 valence electrons. The molecule has 11 heteroatoms. The lowest BCUT2D eigenvalue weighted by Crippen LogP contribution is -2.41. The Morgan fingerprint density at radius 3 is 2.12 bits per heavy atom. The number of nitrogens with zero attached hydrogens (tertiary/aromatic N) is 2. The van der Waals surface area contributed by atoms with Crippen LogP contribution in [0.2, 0.25) is 5.02 Å². The number of carbonyl (C=O) groups excluding carboxylic acids is 1. The van der Waals surface area contributed by atoms with Gasteiger partial charge in [-0.05, 0) is 61.2 Å². The van der Waals surface area contributed by atoms with Gasteiger partial charge in [0.1, 0.15) is 0 Å². The fraction of sp³-hybridized carbons (Fsp3) is 0.409. The van der Waals surface area contributed by atoms with Gasteiger partial charge in [-0.2, -0.15) is 8.61 Å². The number of carbonyl (C=O) groups is 1. The van der Waals surface area contributed by atoms with Crippen molar-refractivity contribution in [1.29, 1.82) is 0 Å². The maximum absolute atomic E-state index is 12.8. The van der Waals surface area contributed by atoms with E-state index >= 15 is 0 Å². The smallest absolute Gasteiger partial charge is 0.243 e. The zero-order valence-electron chi connectivity index (χ0n) is 18.4. The summed E-state index contributed by atoms with van der Waals surface area (Å²) in [5, 5.41) is 3.15. The first-order valence-corrected chi connectivity index (χ1v) is 14.0. The minimum atomic E-state index is -3.81. The standard InChI is InChI=1S/C22H28ClN3O5S2/c1-2-25(32(28,29)21-11-7-19(23)8-12-21)17-22(27)24-14-13-18-5-9-20(10-6-18)33(30,31)26-15-3-4-16-26/h5-12H,2-4,13-17H2,1H3,(H,24,27). The van der Waals surface area contributed by atoms with Crippen molar-refractivity contribution in [2.45, 2.75) is 36.0 Å². The van der Waals surface area contributed by atoms with Gasteiger partial charge in [-0.1, -0.05) is 30.7 Å². The fourth-order valence-corrected chi connectivity index (χ4v) is 6.64. The van der Waals surface area contributed by atoms with E-state index in [1.807, 2.05) is 0 Å². The molecule has 2 aromatic carbocycles. The molecule has 0 aromatic heterocycles. The highest BCUT2D eigenvalue weighted by Crippen LogP contribution is 2.21. The normalized spacial score (nSPS) is 15.1. The van der Waals surface area contributed by atoms with E-state index < -0.39 is 26.0 Å². The zero-order valence-corrected chi connectivity index (χ0v) is 20.8. The zero-order chi connectivity index (χ0) is 24.1. The van der Waals surface area contributed by atoms with E-state index in [4.69, 9.17) is 11.6 Å². The average Bonchev–Trinajstić information content (AvgIpc) is 3.34. The van der Waals surface area contributed by atoms with Gasteiger partial charge >= 0.3 is 0 Å². The van der Waals surface area contributed by atoms with Crippen LogP contribution in [0, 0.1) is 0 Å². The molecule has 0 saturated carbocycles. The Morgan fingerprint density at radius 1 is 0.970 bits per heavy atom. The van der Waals surface area contributed by atoms with Crippen LogP contribution in [-0.2, 0) is 31.3 Å². The monoisotopic (exact) mass is 513 g/mol. The van der Waals surface area contributed by atoms with E-state index in [0.29, 0.717) is 31.1 Å². The maximum atomic E-state index is 12.8. The second kappa shape index (κ2) is 11.0. The molecular weight excluding hydrogens is 486 g/mol. The Kier molecular flexibility index (Phi) is 8.52. The van der Waals surface area contributed by atoms with E-state index in [1.54, 1.807) is 31.2 Å². The highest BCUT2D eigenvalue weighted by molar-refractivity contribution is 7.89. The molecule has 3 rings (SSSR count). The van der Waals surface area contributed by atoms with Gasteiger partial charge < -0.3 is 5.32 Å². The molecule has 0 radical (unpaired) electrons. The van der Waals surface area contributed by atoms with Gasteiger partial charge in [0.25, 0.3) is 0 Å². The van der Waals surface area contributed by atoms with Crippen molar-refractivity contribution in [1.82, 2.24) is 13.9 Å². The van der Waals surface area contributed by atoms with E-state index in [0.717, 1.165) is 22.7 Å². The molecule has 1 saturated heterocycles. The Labute approximate surface area is 200 Å². The SMILES string of the molecule is CCN(CC(=O)NCCc1ccc(S(=O)(=O)N2CCCC2)cc1)S(=O)(=O)c1ccc(Cl)cc1. The first-order chi connectivity index (χ1) is 15.6. The second-order valence-electron chi connectivity index (χ2n) is 7.74. The molecule has 2 aromatic rings. The summed E-state index contributed by atoms with van der Waals surface area (Å²) < 4.78 is 53.3. The molecule has 1 aliphatic heterocycles. The summed E-state index contributed by atoms with van der Waals surface area (Å²) in [6.45, 7) is 2.92. The fourth-order valence-electron chi connectivity index (χ4n) is 3.59. The van der Waals surface area contributed by atoms with Gasteiger partial charge in [0.15, 0.2) is 0 Å². The lowest BCUT2D eigenvalue weighted by atomic mass is 10.1. The summed E-state index contributed by atoms with van der Waals surface area (Å²) in [7, 11) is -7.26. The summed E-state index contributed by atoms with van der Waals surface area (Å²) in [5.74, 6) is -0.414. The molecule has 8 nitrogen and oxygen atoms in total. The van der Waals surface area contributed by atoms with Crippen molar-refractivity contribution in [3.63, 3.8) is 0 Å². The molecule has 1 fully saturated rings. The first kappa shape index (κ1) is 25.6. The van der Waals surface area contributed by atoms with Gasteiger partial charge in [0.05, 0.1) is 16.3 Å². The van der Waals surface area contributed by atoms with Crippen LogP contribution in [0.1, 0.15) is 25.3 Å². The van der Waals surface area contributed by atoms with Crippen molar-refractivity contribution < 1.29 is 21.6 Å². The van der Waals surface area contributed by atoms with Crippen molar-refractivity contribution >= 4 is 37.6 Å². The Bertz CT molecular complexity index is 1160.